The molecule has 3 nitrogen and oxygen atoms in total. The van der Waals surface area contributed by atoms with Gasteiger partial charge in [0.15, 0.2) is 0 Å². The highest BCUT2D eigenvalue weighted by Gasteiger charge is 2.57. The first-order chi connectivity index (χ1) is 12.1. The van der Waals surface area contributed by atoms with E-state index in [-0.39, 0.29) is 0 Å². The van der Waals surface area contributed by atoms with E-state index in [1.165, 1.54) is 64.5 Å². The van der Waals surface area contributed by atoms with Crippen molar-refractivity contribution in [2.24, 2.45) is 23.7 Å². The Labute approximate surface area is 157 Å². The predicted octanol–water partition coefficient (Wildman–Crippen LogP) is 5.34. The molecule has 1 aliphatic heterocycles. The molecule has 2 saturated carbocycles. The molecule has 3 aliphatic rings. The summed E-state index contributed by atoms with van der Waals surface area (Å²) in [4.78, 5) is 0. The molecule has 0 aromatic heterocycles. The number of nitrogens with zero attached hydrogens (tertiary/aromatic N) is 1. The second-order valence-electron chi connectivity index (χ2n) is 9.09. The van der Waals surface area contributed by atoms with E-state index in [0.717, 1.165) is 36.9 Å². The summed E-state index contributed by atoms with van der Waals surface area (Å²) in [5, 5.41) is 0. The highest BCUT2D eigenvalue weighted by Crippen LogP contribution is 2.52. The summed E-state index contributed by atoms with van der Waals surface area (Å²) in [6, 6.07) is 0. The van der Waals surface area contributed by atoms with Gasteiger partial charge >= 0.3 is 8.72 Å². The third-order valence-corrected chi connectivity index (χ3v) is 11.4. The molecule has 1 heterocycles. The van der Waals surface area contributed by atoms with Crippen molar-refractivity contribution in [2.45, 2.75) is 84.6 Å². The van der Waals surface area contributed by atoms with Crippen molar-refractivity contribution in [1.29, 1.82) is 0 Å². The summed E-state index contributed by atoms with van der Waals surface area (Å²) < 4.78 is 16.2. The van der Waals surface area contributed by atoms with Gasteiger partial charge in [0.25, 0.3) is 0 Å². The minimum Gasteiger partial charge on any atom is -0.383 e. The van der Waals surface area contributed by atoms with Crippen LogP contribution >= 0.6 is 0 Å². The van der Waals surface area contributed by atoms with Gasteiger partial charge in [0.2, 0.25) is 0 Å². The highest BCUT2D eigenvalue weighted by molar-refractivity contribution is 6.66. The van der Waals surface area contributed by atoms with Gasteiger partial charge in [-0.2, -0.15) is 0 Å². The minimum absolute atomic E-state index is 0.684. The molecular weight excluding hydrogens is 326 g/mol. The molecule has 0 bridgehead atoms. The van der Waals surface area contributed by atoms with Gasteiger partial charge in [0.1, 0.15) is 0 Å². The lowest BCUT2D eigenvalue weighted by atomic mass is 9.70. The molecule has 0 N–H and O–H groups in total. The molecule has 3 fully saturated rings. The Morgan fingerprint density at radius 3 is 2.08 bits per heavy atom. The zero-order valence-electron chi connectivity index (χ0n) is 17.1. The Morgan fingerprint density at radius 1 is 0.840 bits per heavy atom. The SMILES string of the molecule is CCO[Si](OCC)(C1CCCC2CCCCC21)N1CC(C)CC(C)C1. The number of rotatable bonds is 6. The van der Waals surface area contributed by atoms with E-state index in [9.17, 15) is 0 Å². The van der Waals surface area contributed by atoms with Gasteiger partial charge in [0, 0.05) is 18.8 Å². The van der Waals surface area contributed by atoms with Gasteiger partial charge < -0.3 is 8.85 Å². The monoisotopic (exact) mass is 367 g/mol. The van der Waals surface area contributed by atoms with Gasteiger partial charge in [0.05, 0.1) is 0 Å². The number of hydrogen-bond acceptors (Lipinski definition) is 3. The summed E-state index contributed by atoms with van der Waals surface area (Å²) >= 11 is 0. The quantitative estimate of drug-likeness (QED) is 0.592. The van der Waals surface area contributed by atoms with Gasteiger partial charge in [-0.15, -0.1) is 0 Å². The van der Waals surface area contributed by atoms with Crippen molar-refractivity contribution in [3.63, 3.8) is 0 Å². The Morgan fingerprint density at radius 2 is 1.44 bits per heavy atom. The minimum atomic E-state index is -2.35. The van der Waals surface area contributed by atoms with E-state index in [0.29, 0.717) is 5.54 Å². The van der Waals surface area contributed by atoms with Crippen LogP contribution < -0.4 is 0 Å². The van der Waals surface area contributed by atoms with Crippen molar-refractivity contribution in [3.8, 4) is 0 Å². The smallest absolute Gasteiger partial charge is 0.383 e. The zero-order chi connectivity index (χ0) is 17.9. The molecule has 0 aromatic carbocycles. The molecule has 0 amide bonds. The Kier molecular flexibility index (Phi) is 7.03. The lowest BCUT2D eigenvalue weighted by molar-refractivity contribution is 0.0493. The average Bonchev–Trinajstić information content (AvgIpc) is 2.60. The lowest BCUT2D eigenvalue weighted by Gasteiger charge is -2.53. The van der Waals surface area contributed by atoms with E-state index < -0.39 is 8.72 Å². The summed E-state index contributed by atoms with van der Waals surface area (Å²) in [5.41, 5.74) is 0.684. The summed E-state index contributed by atoms with van der Waals surface area (Å²) in [7, 11) is -2.35. The fourth-order valence-corrected chi connectivity index (χ4v) is 11.2. The molecule has 5 atom stereocenters. The lowest BCUT2D eigenvalue weighted by Crippen LogP contribution is -2.66. The predicted molar refractivity (Wildman–Crippen MR) is 107 cm³/mol. The molecule has 3 rings (SSSR count). The third kappa shape index (κ3) is 4.17. The average molecular weight is 368 g/mol. The molecule has 2 aliphatic carbocycles. The van der Waals surface area contributed by atoms with Crippen LogP contribution in [0, 0.1) is 23.7 Å². The highest BCUT2D eigenvalue weighted by atomic mass is 28.4. The molecule has 1 saturated heterocycles. The van der Waals surface area contributed by atoms with Crippen LogP contribution in [0.25, 0.3) is 0 Å². The molecular formula is C21H41NO2Si. The van der Waals surface area contributed by atoms with Crippen molar-refractivity contribution < 1.29 is 8.85 Å². The first-order valence-corrected chi connectivity index (χ1v) is 13.0. The van der Waals surface area contributed by atoms with Crippen molar-refractivity contribution in [1.82, 2.24) is 4.57 Å². The molecule has 0 aromatic rings. The number of hydrogen-bond donors (Lipinski definition) is 0. The van der Waals surface area contributed by atoms with E-state index in [1.807, 2.05) is 0 Å². The van der Waals surface area contributed by atoms with Crippen LogP contribution in [0.15, 0.2) is 0 Å². The second kappa shape index (κ2) is 8.86. The fourth-order valence-electron chi connectivity index (χ4n) is 6.40. The van der Waals surface area contributed by atoms with E-state index in [4.69, 9.17) is 8.85 Å². The van der Waals surface area contributed by atoms with E-state index in [2.05, 4.69) is 32.3 Å². The second-order valence-corrected chi connectivity index (χ2v) is 12.3. The Hall–Kier alpha value is 0.0969. The topological polar surface area (TPSA) is 21.7 Å². The van der Waals surface area contributed by atoms with Crippen molar-refractivity contribution in [3.05, 3.63) is 0 Å². The molecule has 0 spiro atoms. The van der Waals surface area contributed by atoms with Gasteiger partial charge in [-0.05, 0) is 69.9 Å². The standard InChI is InChI=1S/C21H41NO2Si/c1-5-23-25(24-6-2,22-15-17(3)14-18(4)16-22)21-13-9-11-19-10-7-8-12-20(19)21/h17-21H,5-16H2,1-4H3. The van der Waals surface area contributed by atoms with Crippen LogP contribution in [0.4, 0.5) is 0 Å². The van der Waals surface area contributed by atoms with Crippen LogP contribution in [0.2, 0.25) is 5.54 Å². The van der Waals surface area contributed by atoms with Crippen LogP contribution in [-0.4, -0.2) is 39.6 Å². The third-order valence-electron chi connectivity index (χ3n) is 7.06. The van der Waals surface area contributed by atoms with Gasteiger partial charge in [-0.1, -0.05) is 46.0 Å². The van der Waals surface area contributed by atoms with Gasteiger partial charge in [-0.25, -0.2) is 0 Å². The first kappa shape index (κ1) is 19.8. The molecule has 5 unspecified atom stereocenters. The van der Waals surface area contributed by atoms with Gasteiger partial charge in [-0.3, -0.25) is 4.57 Å². The molecule has 25 heavy (non-hydrogen) atoms. The van der Waals surface area contributed by atoms with E-state index >= 15 is 0 Å². The van der Waals surface area contributed by atoms with Crippen LogP contribution in [-0.2, 0) is 8.85 Å². The van der Waals surface area contributed by atoms with Crippen molar-refractivity contribution in [2.75, 3.05) is 26.3 Å². The van der Waals surface area contributed by atoms with Crippen LogP contribution in [0.1, 0.15) is 79.1 Å². The Bertz CT molecular complexity index is 401. The summed E-state index contributed by atoms with van der Waals surface area (Å²) in [6.07, 6.45) is 11.3. The molecule has 146 valence electrons. The van der Waals surface area contributed by atoms with Crippen molar-refractivity contribution >= 4 is 8.72 Å². The summed E-state index contributed by atoms with van der Waals surface area (Å²) in [6.45, 7) is 13.2. The normalized spacial score (nSPS) is 37.7. The Balaban J connectivity index is 1.91. The maximum absolute atomic E-state index is 6.74. The largest absolute Gasteiger partial charge is 0.431 e. The maximum atomic E-state index is 6.74. The van der Waals surface area contributed by atoms with E-state index in [1.54, 1.807) is 0 Å². The maximum Gasteiger partial charge on any atom is 0.431 e. The number of fused-ring (bicyclic) bond motifs is 1. The number of piperidine rings is 1. The fraction of sp³-hybridized carbons (Fsp3) is 1.00. The summed E-state index contributed by atoms with van der Waals surface area (Å²) in [5.74, 6) is 3.34. The molecule has 0 radical (unpaired) electrons. The van der Waals surface area contributed by atoms with Crippen LogP contribution in [0.5, 0.6) is 0 Å². The van der Waals surface area contributed by atoms with Crippen LogP contribution in [0.3, 0.4) is 0 Å². The zero-order valence-corrected chi connectivity index (χ0v) is 18.1. The molecule has 4 heteroatoms. The first-order valence-electron chi connectivity index (χ1n) is 11.1.